The van der Waals surface area contributed by atoms with Crippen molar-refractivity contribution >= 4 is 29.2 Å². The Hall–Kier alpha value is -1.40. The Morgan fingerprint density at radius 2 is 2.06 bits per heavy atom. The van der Waals surface area contributed by atoms with Crippen molar-refractivity contribution in [3.63, 3.8) is 0 Å². The van der Waals surface area contributed by atoms with Crippen LogP contribution < -0.4 is 5.73 Å². The van der Waals surface area contributed by atoms with E-state index in [4.69, 9.17) is 17.3 Å². The fraction of sp³-hybridized carbons (Fsp3) is 0. The molecule has 82 valence electrons. The Morgan fingerprint density at radius 1 is 1.25 bits per heavy atom. The molecule has 2 rings (SSSR count). The van der Waals surface area contributed by atoms with E-state index in [2.05, 4.69) is 15.0 Å². The second-order valence-electron chi connectivity index (χ2n) is 2.79. The summed E-state index contributed by atoms with van der Waals surface area (Å²) in [5, 5.41) is 0.827. The number of hydrogen-bond donors (Lipinski definition) is 1. The van der Waals surface area contributed by atoms with Gasteiger partial charge in [-0.15, -0.1) is 0 Å². The zero-order valence-corrected chi connectivity index (χ0v) is 9.46. The molecule has 0 aliphatic carbocycles. The number of hydrogen-bond acceptors (Lipinski definition) is 5. The van der Waals surface area contributed by atoms with Crippen molar-refractivity contribution < 1.29 is 4.39 Å². The first-order valence-electron chi connectivity index (χ1n) is 4.22. The molecule has 0 aliphatic rings. The zero-order chi connectivity index (χ0) is 11.5. The number of pyridine rings is 1. The predicted octanol–water partition coefficient (Wildman–Crippen LogP) is 2.40. The third kappa shape index (κ3) is 2.40. The number of rotatable bonds is 2. The lowest BCUT2D eigenvalue weighted by molar-refractivity contribution is 0.601. The Kier molecular flexibility index (Phi) is 3.21. The molecular weight excluding hydrogens is 251 g/mol. The average molecular weight is 257 g/mol. The summed E-state index contributed by atoms with van der Waals surface area (Å²) in [5.74, 6) is -0.684. The standard InChI is InChI=1S/C9H6ClFN4S/c10-6-3-15-7(4-14-6)16-5-1-2-13-9(12)8(5)11/h1-4H,(H2,12,13). The van der Waals surface area contributed by atoms with E-state index in [1.54, 1.807) is 0 Å². The van der Waals surface area contributed by atoms with E-state index in [9.17, 15) is 4.39 Å². The van der Waals surface area contributed by atoms with Crippen LogP contribution in [0.4, 0.5) is 10.2 Å². The predicted molar refractivity (Wildman–Crippen MR) is 59.8 cm³/mol. The topological polar surface area (TPSA) is 64.7 Å². The lowest BCUT2D eigenvalue weighted by Gasteiger charge is -2.03. The van der Waals surface area contributed by atoms with Gasteiger partial charge in [-0.05, 0) is 6.07 Å². The van der Waals surface area contributed by atoms with Crippen LogP contribution in [0.3, 0.4) is 0 Å². The molecule has 2 aromatic heterocycles. The lowest BCUT2D eigenvalue weighted by Crippen LogP contribution is -1.96. The molecule has 0 amide bonds. The van der Waals surface area contributed by atoms with E-state index in [-0.39, 0.29) is 5.82 Å². The monoisotopic (exact) mass is 256 g/mol. The van der Waals surface area contributed by atoms with Crippen molar-refractivity contribution in [3.05, 3.63) is 35.6 Å². The molecule has 0 radical (unpaired) electrons. The molecule has 0 saturated carbocycles. The van der Waals surface area contributed by atoms with E-state index in [1.165, 1.54) is 24.7 Å². The summed E-state index contributed by atoms with van der Waals surface area (Å²) in [5.41, 5.74) is 5.34. The van der Waals surface area contributed by atoms with Crippen molar-refractivity contribution in [3.8, 4) is 0 Å². The molecule has 0 atom stereocenters. The molecule has 0 saturated heterocycles. The van der Waals surface area contributed by atoms with Crippen LogP contribution in [0.25, 0.3) is 0 Å². The second kappa shape index (κ2) is 4.63. The van der Waals surface area contributed by atoms with Crippen molar-refractivity contribution in [2.45, 2.75) is 9.92 Å². The van der Waals surface area contributed by atoms with Gasteiger partial charge in [-0.2, -0.15) is 0 Å². The molecule has 0 bridgehead atoms. The molecule has 0 fully saturated rings. The molecule has 0 spiro atoms. The number of nitrogens with two attached hydrogens (primary N) is 1. The van der Waals surface area contributed by atoms with Gasteiger partial charge in [0, 0.05) is 6.20 Å². The van der Waals surface area contributed by atoms with E-state index in [0.29, 0.717) is 15.1 Å². The van der Waals surface area contributed by atoms with Crippen molar-refractivity contribution in [2.24, 2.45) is 0 Å². The first-order valence-corrected chi connectivity index (χ1v) is 5.41. The van der Waals surface area contributed by atoms with Crippen molar-refractivity contribution in [1.82, 2.24) is 15.0 Å². The SMILES string of the molecule is Nc1nccc(Sc2cnc(Cl)cn2)c1F. The van der Waals surface area contributed by atoms with Crippen LogP contribution in [-0.4, -0.2) is 15.0 Å². The van der Waals surface area contributed by atoms with Crippen LogP contribution in [0.15, 0.2) is 34.6 Å². The van der Waals surface area contributed by atoms with Crippen molar-refractivity contribution in [1.29, 1.82) is 0 Å². The third-order valence-corrected chi connectivity index (χ3v) is 2.84. The fourth-order valence-electron chi connectivity index (χ4n) is 0.986. The molecule has 7 heteroatoms. The first kappa shape index (κ1) is 11.1. The van der Waals surface area contributed by atoms with Crippen LogP contribution in [0.1, 0.15) is 0 Å². The van der Waals surface area contributed by atoms with Gasteiger partial charge in [0.2, 0.25) is 0 Å². The Labute approximate surface area is 100 Å². The molecule has 0 aromatic carbocycles. The van der Waals surface area contributed by atoms with Gasteiger partial charge in [0.25, 0.3) is 0 Å². The van der Waals surface area contributed by atoms with Gasteiger partial charge in [0.15, 0.2) is 11.6 Å². The Balaban J connectivity index is 2.27. The maximum absolute atomic E-state index is 13.5. The molecule has 4 nitrogen and oxygen atoms in total. The molecule has 0 unspecified atom stereocenters. The zero-order valence-electron chi connectivity index (χ0n) is 7.89. The summed E-state index contributed by atoms with van der Waals surface area (Å²) in [6, 6.07) is 1.52. The molecule has 16 heavy (non-hydrogen) atoms. The minimum Gasteiger partial charge on any atom is -0.381 e. The largest absolute Gasteiger partial charge is 0.381 e. The van der Waals surface area contributed by atoms with Gasteiger partial charge in [0.1, 0.15) is 10.2 Å². The van der Waals surface area contributed by atoms with E-state index in [0.717, 1.165) is 11.8 Å². The van der Waals surface area contributed by atoms with Gasteiger partial charge in [0.05, 0.1) is 17.3 Å². The number of halogens is 2. The van der Waals surface area contributed by atoms with Gasteiger partial charge in [-0.1, -0.05) is 23.4 Å². The number of anilines is 1. The van der Waals surface area contributed by atoms with Gasteiger partial charge < -0.3 is 5.73 Å². The second-order valence-corrected chi connectivity index (χ2v) is 4.24. The van der Waals surface area contributed by atoms with Crippen molar-refractivity contribution in [2.75, 3.05) is 5.73 Å². The Bertz CT molecular complexity index is 505. The molecular formula is C9H6ClFN4S. The van der Waals surface area contributed by atoms with Crippen LogP contribution >= 0.6 is 23.4 Å². The first-order chi connectivity index (χ1) is 7.66. The van der Waals surface area contributed by atoms with E-state index < -0.39 is 5.82 Å². The maximum Gasteiger partial charge on any atom is 0.179 e. The molecule has 2 aromatic rings. The highest BCUT2D eigenvalue weighted by Crippen LogP contribution is 2.29. The number of aromatic nitrogens is 3. The number of nitrogen functional groups attached to an aromatic ring is 1. The molecule has 0 aliphatic heterocycles. The van der Waals surface area contributed by atoms with E-state index >= 15 is 0 Å². The summed E-state index contributed by atoms with van der Waals surface area (Å²) in [4.78, 5) is 11.8. The average Bonchev–Trinajstić information content (AvgIpc) is 2.28. The quantitative estimate of drug-likeness (QED) is 0.894. The minimum atomic E-state index is -0.552. The van der Waals surface area contributed by atoms with Crippen LogP contribution in [0, 0.1) is 5.82 Å². The Morgan fingerprint density at radius 3 is 2.75 bits per heavy atom. The van der Waals surface area contributed by atoms with Crippen LogP contribution in [0.5, 0.6) is 0 Å². The van der Waals surface area contributed by atoms with Gasteiger partial charge in [-0.25, -0.2) is 19.3 Å². The van der Waals surface area contributed by atoms with E-state index in [1.807, 2.05) is 0 Å². The summed E-state index contributed by atoms with van der Waals surface area (Å²) < 4.78 is 13.5. The van der Waals surface area contributed by atoms with Gasteiger partial charge >= 0.3 is 0 Å². The third-order valence-electron chi connectivity index (χ3n) is 1.69. The molecule has 2 N–H and O–H groups in total. The smallest absolute Gasteiger partial charge is 0.179 e. The summed E-state index contributed by atoms with van der Waals surface area (Å²) >= 11 is 6.69. The highest BCUT2D eigenvalue weighted by atomic mass is 35.5. The fourth-order valence-corrected chi connectivity index (χ4v) is 1.84. The highest BCUT2D eigenvalue weighted by Gasteiger charge is 2.09. The van der Waals surface area contributed by atoms with Crippen LogP contribution in [0.2, 0.25) is 5.15 Å². The summed E-state index contributed by atoms with van der Waals surface area (Å²) in [7, 11) is 0. The summed E-state index contributed by atoms with van der Waals surface area (Å²) in [6.07, 6.45) is 4.29. The normalized spacial score (nSPS) is 10.4. The van der Waals surface area contributed by atoms with Gasteiger partial charge in [-0.3, -0.25) is 0 Å². The number of nitrogens with zero attached hydrogens (tertiary/aromatic N) is 3. The summed E-state index contributed by atoms with van der Waals surface area (Å²) in [6.45, 7) is 0. The molecule has 2 heterocycles. The minimum absolute atomic E-state index is 0.132. The van der Waals surface area contributed by atoms with Crippen LogP contribution in [-0.2, 0) is 0 Å². The maximum atomic E-state index is 13.5. The lowest BCUT2D eigenvalue weighted by atomic mass is 10.4. The highest BCUT2D eigenvalue weighted by molar-refractivity contribution is 7.99.